The van der Waals surface area contributed by atoms with Crippen molar-refractivity contribution in [2.24, 2.45) is 5.92 Å². The van der Waals surface area contributed by atoms with Crippen LogP contribution in [-0.2, 0) is 0 Å². The second-order valence-electron chi connectivity index (χ2n) is 11.3. The van der Waals surface area contributed by atoms with Gasteiger partial charge >= 0.3 is 6.03 Å². The van der Waals surface area contributed by atoms with Gasteiger partial charge in [0.15, 0.2) is 5.13 Å². The average Bonchev–Trinajstić information content (AvgIpc) is 3.45. The second-order valence-corrected chi connectivity index (χ2v) is 12.1. The minimum atomic E-state index is -0.0705. The third-order valence-electron chi connectivity index (χ3n) is 8.61. The van der Waals surface area contributed by atoms with Gasteiger partial charge in [-0.25, -0.2) is 9.78 Å². The molecule has 3 fully saturated rings. The summed E-state index contributed by atoms with van der Waals surface area (Å²) in [4.78, 5) is 24.7. The molecule has 1 atom stereocenters. The Hall–Kier alpha value is -2.67. The van der Waals surface area contributed by atoms with E-state index < -0.39 is 0 Å². The van der Waals surface area contributed by atoms with E-state index in [1.807, 2.05) is 10.3 Å². The Balaban J connectivity index is 1.13. The Morgan fingerprint density at radius 3 is 2.69 bits per heavy atom. The molecule has 8 nitrogen and oxygen atoms in total. The Morgan fingerprint density at radius 1 is 1.10 bits per heavy atom. The van der Waals surface area contributed by atoms with Crippen LogP contribution in [0.2, 0.25) is 0 Å². The number of piperazine rings is 1. The number of anilines is 1. The van der Waals surface area contributed by atoms with Gasteiger partial charge in [0.1, 0.15) is 5.75 Å². The summed E-state index contributed by atoms with van der Waals surface area (Å²) in [6.45, 7) is 7.42. The number of ether oxygens (including phenoxy) is 1. The zero-order chi connectivity index (χ0) is 27.0. The van der Waals surface area contributed by atoms with Gasteiger partial charge in [-0.05, 0) is 61.8 Å². The van der Waals surface area contributed by atoms with Crippen LogP contribution in [0.1, 0.15) is 62.8 Å². The van der Waals surface area contributed by atoms with Gasteiger partial charge < -0.3 is 14.5 Å². The molecule has 1 aromatic carbocycles. The van der Waals surface area contributed by atoms with Gasteiger partial charge in [-0.3, -0.25) is 10.2 Å². The van der Waals surface area contributed by atoms with E-state index >= 15 is 0 Å². The number of amides is 2. The number of nitrogens with one attached hydrogen (secondary N) is 1. The molecule has 9 heteroatoms. The van der Waals surface area contributed by atoms with Crippen molar-refractivity contribution in [3.8, 4) is 23.1 Å². The number of likely N-dealkylation sites (tertiary alicyclic amines) is 1. The number of hydrogen-bond donors (Lipinski definition) is 1. The van der Waals surface area contributed by atoms with Gasteiger partial charge in [-0.15, -0.1) is 11.3 Å². The molecule has 3 aliphatic rings. The topological polar surface area (TPSA) is 84.7 Å². The summed E-state index contributed by atoms with van der Waals surface area (Å²) in [6, 6.07) is 8.70. The fourth-order valence-corrected chi connectivity index (χ4v) is 7.15. The number of nitriles is 1. The van der Waals surface area contributed by atoms with Crippen LogP contribution >= 0.6 is 11.3 Å². The van der Waals surface area contributed by atoms with Gasteiger partial charge in [0.2, 0.25) is 0 Å². The number of hydrogen-bond acceptors (Lipinski definition) is 7. The molecule has 1 aromatic heterocycles. The molecule has 2 aliphatic heterocycles. The summed E-state index contributed by atoms with van der Waals surface area (Å²) in [5, 5.41) is 14.6. The second kappa shape index (κ2) is 13.6. The number of piperidine rings is 1. The molecule has 2 saturated heterocycles. The van der Waals surface area contributed by atoms with Gasteiger partial charge in [-0.1, -0.05) is 25.3 Å². The Bertz CT molecular complexity index is 1130. The van der Waals surface area contributed by atoms with Crippen molar-refractivity contribution < 1.29 is 9.53 Å². The maximum atomic E-state index is 13.0. The first kappa shape index (κ1) is 27.9. The molecular weight excluding hydrogens is 508 g/mol. The lowest BCUT2D eigenvalue weighted by Gasteiger charge is -2.39. The smallest absolute Gasteiger partial charge is 0.323 e. The number of carbonyl (C=O) groups excluding carboxylic acids is 1. The summed E-state index contributed by atoms with van der Waals surface area (Å²) in [5.74, 6) is 2.08. The summed E-state index contributed by atoms with van der Waals surface area (Å²) < 4.78 is 5.66. The van der Waals surface area contributed by atoms with E-state index in [1.54, 1.807) is 7.11 Å². The molecular formula is C30H42N6O2S. The van der Waals surface area contributed by atoms with Gasteiger partial charge in [-0.2, -0.15) is 5.26 Å². The highest BCUT2D eigenvalue weighted by Crippen LogP contribution is 2.38. The number of thiazole rings is 1. The standard InChI is InChI=1S/C30H42N6O2S/c1-38-28-11-10-25(24-8-3-2-4-9-24)19-26(28)27-22-39-29(32-27)33-30(37)36-17-15-35(16-18-36)21-23-7-5-13-34(20-23)14-6-12-31/h10-11,19,22-24H,2-9,13-18,20-21H2,1H3,(H,32,33,37)/t23-/m1/s1. The van der Waals surface area contributed by atoms with E-state index in [0.717, 1.165) is 69.4 Å². The fourth-order valence-electron chi connectivity index (χ4n) is 6.45. The van der Waals surface area contributed by atoms with Crippen molar-refractivity contribution in [1.82, 2.24) is 19.7 Å². The Morgan fingerprint density at radius 2 is 1.92 bits per heavy atom. The molecule has 0 bridgehead atoms. The molecule has 1 saturated carbocycles. The van der Waals surface area contributed by atoms with Crippen LogP contribution in [0, 0.1) is 17.2 Å². The lowest BCUT2D eigenvalue weighted by molar-refractivity contribution is 0.102. The third-order valence-corrected chi connectivity index (χ3v) is 9.37. The first-order chi connectivity index (χ1) is 19.1. The number of urea groups is 1. The van der Waals surface area contributed by atoms with Gasteiger partial charge in [0.05, 0.1) is 18.9 Å². The zero-order valence-corrected chi connectivity index (χ0v) is 24.1. The molecule has 5 rings (SSSR count). The van der Waals surface area contributed by atoms with Crippen LogP contribution in [0.3, 0.4) is 0 Å². The summed E-state index contributed by atoms with van der Waals surface area (Å²) >= 11 is 1.47. The minimum absolute atomic E-state index is 0.0705. The SMILES string of the molecule is COc1ccc(C2CCCCC2)cc1-c1csc(NC(=O)N2CCN(C[C@@H]3CCCN(CCC#N)C3)CC2)n1. The molecule has 3 heterocycles. The molecule has 39 heavy (non-hydrogen) atoms. The van der Waals surface area contributed by atoms with Gasteiger partial charge in [0, 0.05) is 63.2 Å². The largest absolute Gasteiger partial charge is 0.496 e. The highest BCUT2D eigenvalue weighted by atomic mass is 32.1. The van der Waals surface area contributed by atoms with E-state index in [1.165, 1.54) is 61.8 Å². The molecule has 1 aliphatic carbocycles. The first-order valence-corrected chi connectivity index (χ1v) is 15.5. The number of aromatic nitrogens is 1. The van der Waals surface area contributed by atoms with E-state index in [-0.39, 0.29) is 6.03 Å². The van der Waals surface area contributed by atoms with Crippen LogP contribution in [0.15, 0.2) is 23.6 Å². The van der Waals surface area contributed by atoms with Crippen LogP contribution in [0.5, 0.6) is 5.75 Å². The fraction of sp³-hybridized carbons (Fsp3) is 0.633. The number of rotatable bonds is 8. The van der Waals surface area contributed by atoms with E-state index in [9.17, 15) is 4.79 Å². The number of nitrogens with zero attached hydrogens (tertiary/aromatic N) is 5. The quantitative estimate of drug-likeness (QED) is 0.458. The minimum Gasteiger partial charge on any atom is -0.496 e. The predicted octanol–water partition coefficient (Wildman–Crippen LogP) is 5.64. The van der Waals surface area contributed by atoms with Crippen molar-refractivity contribution in [3.63, 3.8) is 0 Å². The van der Waals surface area contributed by atoms with E-state index in [4.69, 9.17) is 15.0 Å². The molecule has 2 aromatic rings. The van der Waals surface area contributed by atoms with Crippen molar-refractivity contribution >= 4 is 22.5 Å². The molecule has 210 valence electrons. The normalized spacial score (nSPS) is 21.4. The van der Waals surface area contributed by atoms with Crippen LogP contribution in [0.25, 0.3) is 11.3 Å². The maximum Gasteiger partial charge on any atom is 0.323 e. The number of benzene rings is 1. The van der Waals surface area contributed by atoms with Crippen molar-refractivity contribution in [1.29, 1.82) is 5.26 Å². The van der Waals surface area contributed by atoms with Gasteiger partial charge in [0.25, 0.3) is 0 Å². The highest BCUT2D eigenvalue weighted by molar-refractivity contribution is 7.14. The lowest BCUT2D eigenvalue weighted by atomic mass is 9.83. The van der Waals surface area contributed by atoms with Crippen LogP contribution < -0.4 is 10.1 Å². The van der Waals surface area contributed by atoms with Crippen molar-refractivity contribution in [2.45, 2.75) is 57.3 Å². The lowest BCUT2D eigenvalue weighted by Crippen LogP contribution is -2.52. The van der Waals surface area contributed by atoms with Crippen LogP contribution in [-0.4, -0.2) is 85.2 Å². The summed E-state index contributed by atoms with van der Waals surface area (Å²) in [7, 11) is 1.70. The molecule has 2 amide bonds. The molecule has 0 radical (unpaired) electrons. The summed E-state index contributed by atoms with van der Waals surface area (Å²) in [6.07, 6.45) is 9.52. The van der Waals surface area contributed by atoms with Crippen LogP contribution in [0.4, 0.5) is 9.93 Å². The zero-order valence-electron chi connectivity index (χ0n) is 23.2. The summed E-state index contributed by atoms with van der Waals surface area (Å²) in [5.41, 5.74) is 3.22. The van der Waals surface area contributed by atoms with E-state index in [2.05, 4.69) is 39.4 Å². The highest BCUT2D eigenvalue weighted by Gasteiger charge is 2.26. The third kappa shape index (κ3) is 7.30. The number of carbonyl (C=O) groups is 1. The van der Waals surface area contributed by atoms with Crippen molar-refractivity contribution in [2.75, 3.05) is 64.8 Å². The number of methoxy groups -OCH3 is 1. The Labute approximate surface area is 236 Å². The molecule has 1 N–H and O–H groups in total. The molecule has 0 unspecified atom stereocenters. The Kier molecular flexibility index (Phi) is 9.72. The maximum absolute atomic E-state index is 13.0. The molecule has 0 spiro atoms. The van der Waals surface area contributed by atoms with Crippen molar-refractivity contribution in [3.05, 3.63) is 29.1 Å². The average molecular weight is 551 g/mol. The van der Waals surface area contributed by atoms with E-state index in [0.29, 0.717) is 23.4 Å². The predicted molar refractivity (Wildman–Crippen MR) is 156 cm³/mol. The monoisotopic (exact) mass is 550 g/mol. The first-order valence-electron chi connectivity index (χ1n) is 14.6.